The summed E-state index contributed by atoms with van der Waals surface area (Å²) in [6, 6.07) is 5.10. The van der Waals surface area contributed by atoms with Gasteiger partial charge in [-0.15, -0.1) is 0 Å². The number of aliphatic hydroxyl groups is 2. The molecule has 3 nitrogen and oxygen atoms in total. The van der Waals surface area contributed by atoms with Crippen LogP contribution in [0.25, 0.3) is 0 Å². The molecule has 2 N–H and O–H groups in total. The van der Waals surface area contributed by atoms with Crippen molar-refractivity contribution in [2.24, 2.45) is 0 Å². The highest BCUT2D eigenvalue weighted by Crippen LogP contribution is 2.28. The maximum atomic E-state index is 9.50. The third-order valence-electron chi connectivity index (χ3n) is 2.02. The second kappa shape index (κ2) is 5.04. The molecule has 0 bridgehead atoms. The Balaban J connectivity index is 2.76. The molecule has 1 rings (SSSR count). The van der Waals surface area contributed by atoms with Gasteiger partial charge in [0.2, 0.25) is 0 Å². The average molecular weight is 245 g/mol. The molecule has 0 aliphatic rings. The summed E-state index contributed by atoms with van der Waals surface area (Å²) in [6.45, 7) is 5.15. The van der Waals surface area contributed by atoms with Crippen molar-refractivity contribution in [3.05, 3.63) is 28.8 Å². The van der Waals surface area contributed by atoms with Crippen LogP contribution in [-0.4, -0.2) is 22.4 Å². The van der Waals surface area contributed by atoms with Crippen molar-refractivity contribution < 1.29 is 14.9 Å². The molecule has 0 saturated carbocycles. The van der Waals surface area contributed by atoms with Gasteiger partial charge in [0.25, 0.3) is 0 Å². The van der Waals surface area contributed by atoms with Gasteiger partial charge in [-0.2, -0.15) is 0 Å². The Morgan fingerprint density at radius 2 is 2.06 bits per heavy atom. The summed E-state index contributed by atoms with van der Waals surface area (Å²) in [7, 11) is 0. The first kappa shape index (κ1) is 13.3. The summed E-state index contributed by atoms with van der Waals surface area (Å²) < 4.78 is 5.37. The predicted molar refractivity (Wildman–Crippen MR) is 63.9 cm³/mol. The van der Waals surface area contributed by atoms with Crippen LogP contribution < -0.4 is 4.74 Å². The molecule has 0 aliphatic heterocycles. The van der Waals surface area contributed by atoms with Gasteiger partial charge in [0.1, 0.15) is 12.4 Å². The highest BCUT2D eigenvalue weighted by atomic mass is 35.5. The monoisotopic (exact) mass is 244 g/mol. The molecule has 1 aromatic rings. The van der Waals surface area contributed by atoms with Gasteiger partial charge in [0, 0.05) is 0 Å². The lowest BCUT2D eigenvalue weighted by Gasteiger charge is -2.18. The van der Waals surface area contributed by atoms with Crippen LogP contribution in [0, 0.1) is 0 Å². The maximum Gasteiger partial charge on any atom is 0.138 e. The zero-order valence-corrected chi connectivity index (χ0v) is 10.5. The van der Waals surface area contributed by atoms with Gasteiger partial charge in [-0.25, -0.2) is 0 Å². The Bertz CT molecular complexity index is 356. The summed E-state index contributed by atoms with van der Waals surface area (Å²) in [5, 5.41) is 19.3. The molecule has 0 spiro atoms. The van der Waals surface area contributed by atoms with Crippen molar-refractivity contribution >= 4 is 11.6 Å². The zero-order chi connectivity index (χ0) is 12.3. The van der Waals surface area contributed by atoms with E-state index in [4.69, 9.17) is 16.3 Å². The summed E-state index contributed by atoms with van der Waals surface area (Å²) >= 11 is 5.98. The normalized spacial score (nSPS) is 13.6. The third-order valence-corrected chi connectivity index (χ3v) is 2.31. The van der Waals surface area contributed by atoms with Crippen LogP contribution >= 0.6 is 11.6 Å². The second-order valence-electron chi connectivity index (χ2n) is 4.47. The van der Waals surface area contributed by atoms with Gasteiger partial charge >= 0.3 is 0 Å². The van der Waals surface area contributed by atoms with Gasteiger partial charge in [-0.05, 0) is 38.5 Å². The van der Waals surface area contributed by atoms with E-state index in [1.165, 1.54) is 0 Å². The molecule has 0 heterocycles. The summed E-state index contributed by atoms with van der Waals surface area (Å²) in [5.41, 5.74) is -0.160. The minimum atomic E-state index is -0.897. The number of aliphatic hydroxyl groups excluding tert-OH is 1. The Kier molecular flexibility index (Phi) is 4.19. The second-order valence-corrected chi connectivity index (χ2v) is 4.87. The number of rotatable bonds is 4. The highest BCUT2D eigenvalue weighted by molar-refractivity contribution is 6.32. The van der Waals surface area contributed by atoms with Gasteiger partial charge in [0.15, 0.2) is 0 Å². The molecular formula is C12H17ClO3. The summed E-state index contributed by atoms with van der Waals surface area (Å²) in [6.07, 6.45) is -0.555. The molecule has 0 aromatic heterocycles. The highest BCUT2D eigenvalue weighted by Gasteiger charge is 2.14. The molecule has 90 valence electrons. The van der Waals surface area contributed by atoms with Crippen LogP contribution in [0.4, 0.5) is 0 Å². The van der Waals surface area contributed by atoms with Crippen LogP contribution in [0.15, 0.2) is 18.2 Å². The minimum absolute atomic E-state index is 0.167. The standard InChI is InChI=1S/C12H17ClO3/c1-8(14)9-4-5-11(10(13)6-9)16-7-12(2,3)15/h4-6,8,14-15H,7H2,1-3H3. The fourth-order valence-corrected chi connectivity index (χ4v) is 1.39. The summed E-state index contributed by atoms with van der Waals surface area (Å²) in [4.78, 5) is 0. The maximum absolute atomic E-state index is 9.50. The van der Waals surface area contributed by atoms with E-state index in [-0.39, 0.29) is 6.61 Å². The first-order chi connectivity index (χ1) is 7.29. The third kappa shape index (κ3) is 4.00. The van der Waals surface area contributed by atoms with E-state index >= 15 is 0 Å². The lowest BCUT2D eigenvalue weighted by atomic mass is 10.1. The van der Waals surface area contributed by atoms with Crippen molar-refractivity contribution in [1.29, 1.82) is 0 Å². The molecule has 1 unspecified atom stereocenters. The van der Waals surface area contributed by atoms with Crippen LogP contribution in [0.1, 0.15) is 32.4 Å². The predicted octanol–water partition coefficient (Wildman–Crippen LogP) is 2.54. The van der Waals surface area contributed by atoms with Gasteiger partial charge in [-0.3, -0.25) is 0 Å². The van der Waals surface area contributed by atoms with E-state index in [0.29, 0.717) is 10.8 Å². The van der Waals surface area contributed by atoms with E-state index in [1.807, 2.05) is 0 Å². The Morgan fingerprint density at radius 1 is 1.44 bits per heavy atom. The van der Waals surface area contributed by atoms with Crippen molar-refractivity contribution in [2.45, 2.75) is 32.5 Å². The molecule has 0 fully saturated rings. The molecule has 1 aromatic carbocycles. The molecule has 4 heteroatoms. The Labute approximate surface area is 101 Å². The van der Waals surface area contributed by atoms with Crippen LogP contribution in [0.3, 0.4) is 0 Å². The van der Waals surface area contributed by atoms with Crippen LogP contribution in [0.5, 0.6) is 5.75 Å². The van der Waals surface area contributed by atoms with E-state index in [2.05, 4.69) is 0 Å². The van der Waals surface area contributed by atoms with Crippen molar-refractivity contribution in [2.75, 3.05) is 6.61 Å². The van der Waals surface area contributed by atoms with Crippen molar-refractivity contribution in [3.8, 4) is 5.75 Å². The lowest BCUT2D eigenvalue weighted by molar-refractivity contribution is 0.0285. The van der Waals surface area contributed by atoms with Gasteiger partial charge in [0.05, 0.1) is 16.7 Å². The SMILES string of the molecule is CC(O)c1ccc(OCC(C)(C)O)c(Cl)c1. The average Bonchev–Trinajstić information content (AvgIpc) is 2.14. The number of hydrogen-bond acceptors (Lipinski definition) is 3. The molecule has 0 aliphatic carbocycles. The van der Waals surface area contributed by atoms with Crippen molar-refractivity contribution in [3.63, 3.8) is 0 Å². The number of ether oxygens (including phenoxy) is 1. The van der Waals surface area contributed by atoms with E-state index in [0.717, 1.165) is 5.56 Å². The molecule has 0 saturated heterocycles. The van der Waals surface area contributed by atoms with E-state index in [9.17, 15) is 10.2 Å². The van der Waals surface area contributed by atoms with E-state index < -0.39 is 11.7 Å². The number of benzene rings is 1. The Morgan fingerprint density at radius 3 is 2.50 bits per heavy atom. The lowest BCUT2D eigenvalue weighted by Crippen LogP contribution is -2.27. The van der Waals surface area contributed by atoms with Crippen LogP contribution in [-0.2, 0) is 0 Å². The largest absolute Gasteiger partial charge is 0.489 e. The fourth-order valence-electron chi connectivity index (χ4n) is 1.15. The number of hydrogen-bond donors (Lipinski definition) is 2. The van der Waals surface area contributed by atoms with Gasteiger partial charge < -0.3 is 14.9 Å². The van der Waals surface area contributed by atoms with E-state index in [1.54, 1.807) is 39.0 Å². The van der Waals surface area contributed by atoms with Crippen molar-refractivity contribution in [1.82, 2.24) is 0 Å². The summed E-state index contributed by atoms with van der Waals surface area (Å²) in [5.74, 6) is 0.508. The molecule has 16 heavy (non-hydrogen) atoms. The molecule has 0 amide bonds. The van der Waals surface area contributed by atoms with Crippen LogP contribution in [0.2, 0.25) is 5.02 Å². The fraction of sp³-hybridized carbons (Fsp3) is 0.500. The molecular weight excluding hydrogens is 228 g/mol. The minimum Gasteiger partial charge on any atom is -0.489 e. The quantitative estimate of drug-likeness (QED) is 0.856. The Hall–Kier alpha value is -0.770. The molecule has 0 radical (unpaired) electrons. The van der Waals surface area contributed by atoms with Gasteiger partial charge in [-0.1, -0.05) is 17.7 Å². The first-order valence-corrected chi connectivity index (χ1v) is 5.50. The smallest absolute Gasteiger partial charge is 0.138 e. The number of halogens is 1. The zero-order valence-electron chi connectivity index (χ0n) is 9.70. The first-order valence-electron chi connectivity index (χ1n) is 5.12. The molecule has 1 atom stereocenters. The topological polar surface area (TPSA) is 49.7 Å².